The zero-order chi connectivity index (χ0) is 14.4. The molecule has 19 heavy (non-hydrogen) atoms. The molecule has 1 aromatic carbocycles. The maximum absolute atomic E-state index is 11.8. The van der Waals surface area contributed by atoms with Gasteiger partial charge in [0.25, 0.3) is 0 Å². The summed E-state index contributed by atoms with van der Waals surface area (Å²) < 4.78 is 0. The Hall–Kier alpha value is -1.26. The first kappa shape index (κ1) is 15.8. The molecule has 0 saturated carbocycles. The van der Waals surface area contributed by atoms with Gasteiger partial charge in [-0.3, -0.25) is 9.59 Å². The fourth-order valence-electron chi connectivity index (χ4n) is 1.54. The van der Waals surface area contributed by atoms with Gasteiger partial charge in [-0.05, 0) is 31.0 Å². The van der Waals surface area contributed by atoms with E-state index in [-0.39, 0.29) is 18.2 Å². The highest BCUT2D eigenvalue weighted by Crippen LogP contribution is 2.26. The standard InChI is InChI=1S/C13H15Cl2NO3/c1-8(9-4-5-10(14)11(15)7-9)13(19)16-6-2-3-12(17)18/h4-5,7-8H,2-3,6H2,1H3,(H,16,19)(H,17,18). The van der Waals surface area contributed by atoms with Gasteiger partial charge < -0.3 is 10.4 Å². The lowest BCUT2D eigenvalue weighted by molar-refractivity contribution is -0.137. The molecule has 0 saturated heterocycles. The van der Waals surface area contributed by atoms with Gasteiger partial charge in [0, 0.05) is 13.0 Å². The molecule has 0 aliphatic heterocycles. The lowest BCUT2D eigenvalue weighted by atomic mass is 10.0. The minimum absolute atomic E-state index is 0.0431. The Balaban J connectivity index is 2.52. The first-order valence-corrected chi connectivity index (χ1v) is 6.62. The third-order valence-electron chi connectivity index (χ3n) is 2.70. The van der Waals surface area contributed by atoms with Crippen LogP contribution >= 0.6 is 23.2 Å². The Labute approximate surface area is 121 Å². The minimum atomic E-state index is -0.869. The van der Waals surface area contributed by atoms with Gasteiger partial charge >= 0.3 is 5.97 Å². The summed E-state index contributed by atoms with van der Waals surface area (Å²) in [6.07, 6.45) is 0.455. The number of benzene rings is 1. The smallest absolute Gasteiger partial charge is 0.303 e. The maximum Gasteiger partial charge on any atom is 0.303 e. The number of nitrogens with one attached hydrogen (secondary N) is 1. The van der Waals surface area contributed by atoms with Crippen molar-refractivity contribution in [3.63, 3.8) is 0 Å². The van der Waals surface area contributed by atoms with E-state index in [9.17, 15) is 9.59 Å². The summed E-state index contributed by atoms with van der Waals surface area (Å²) in [4.78, 5) is 22.2. The van der Waals surface area contributed by atoms with Crippen LogP contribution in [0.25, 0.3) is 0 Å². The Morgan fingerprint density at radius 2 is 2.00 bits per heavy atom. The van der Waals surface area contributed by atoms with E-state index in [1.165, 1.54) is 0 Å². The number of amides is 1. The van der Waals surface area contributed by atoms with Crippen LogP contribution in [0.15, 0.2) is 18.2 Å². The van der Waals surface area contributed by atoms with Crippen LogP contribution in [0.2, 0.25) is 10.0 Å². The maximum atomic E-state index is 11.8. The topological polar surface area (TPSA) is 66.4 Å². The van der Waals surface area contributed by atoms with Gasteiger partial charge in [0.05, 0.1) is 16.0 Å². The van der Waals surface area contributed by atoms with Gasteiger partial charge in [-0.25, -0.2) is 0 Å². The van der Waals surface area contributed by atoms with Crippen LogP contribution in [0.5, 0.6) is 0 Å². The number of halogens is 2. The van der Waals surface area contributed by atoms with Crippen molar-refractivity contribution in [2.45, 2.75) is 25.7 Å². The van der Waals surface area contributed by atoms with Crippen molar-refractivity contribution in [1.29, 1.82) is 0 Å². The summed E-state index contributed by atoms with van der Waals surface area (Å²) in [6, 6.07) is 5.05. The largest absolute Gasteiger partial charge is 0.481 e. The SMILES string of the molecule is CC(C(=O)NCCCC(=O)O)c1ccc(Cl)c(Cl)c1. The minimum Gasteiger partial charge on any atom is -0.481 e. The summed E-state index contributed by atoms with van der Waals surface area (Å²) in [6.45, 7) is 2.10. The zero-order valence-electron chi connectivity index (χ0n) is 10.5. The summed E-state index contributed by atoms with van der Waals surface area (Å²) in [5.74, 6) is -1.39. The van der Waals surface area contributed by atoms with Crippen molar-refractivity contribution in [3.05, 3.63) is 33.8 Å². The summed E-state index contributed by atoms with van der Waals surface area (Å²) in [5.41, 5.74) is 0.769. The van der Waals surface area contributed by atoms with Crippen molar-refractivity contribution in [1.82, 2.24) is 5.32 Å². The van der Waals surface area contributed by atoms with Crippen molar-refractivity contribution in [2.75, 3.05) is 6.54 Å². The number of carboxylic acid groups (broad SMARTS) is 1. The van der Waals surface area contributed by atoms with Gasteiger partial charge in [-0.1, -0.05) is 29.3 Å². The van der Waals surface area contributed by atoms with Crippen molar-refractivity contribution in [3.8, 4) is 0 Å². The monoisotopic (exact) mass is 303 g/mol. The van der Waals surface area contributed by atoms with Crippen LogP contribution < -0.4 is 5.32 Å². The summed E-state index contributed by atoms with van der Waals surface area (Å²) >= 11 is 11.7. The molecule has 0 bridgehead atoms. The highest BCUT2D eigenvalue weighted by molar-refractivity contribution is 6.42. The van der Waals surface area contributed by atoms with Crippen molar-refractivity contribution in [2.24, 2.45) is 0 Å². The molecule has 0 radical (unpaired) electrons. The Morgan fingerprint density at radius 1 is 1.32 bits per heavy atom. The molecule has 1 atom stereocenters. The summed E-state index contributed by atoms with van der Waals surface area (Å²) in [7, 11) is 0. The lowest BCUT2D eigenvalue weighted by Gasteiger charge is -2.13. The van der Waals surface area contributed by atoms with E-state index >= 15 is 0 Å². The third-order valence-corrected chi connectivity index (χ3v) is 3.44. The molecular formula is C13H15Cl2NO3. The average molecular weight is 304 g/mol. The zero-order valence-corrected chi connectivity index (χ0v) is 12.0. The molecule has 0 aromatic heterocycles. The Bertz CT molecular complexity index is 477. The van der Waals surface area contributed by atoms with E-state index in [0.717, 1.165) is 5.56 Å². The molecule has 1 rings (SSSR count). The van der Waals surface area contributed by atoms with E-state index in [1.54, 1.807) is 25.1 Å². The molecular weight excluding hydrogens is 289 g/mol. The number of rotatable bonds is 6. The fourth-order valence-corrected chi connectivity index (χ4v) is 1.84. The van der Waals surface area contributed by atoms with E-state index in [2.05, 4.69) is 5.32 Å². The first-order chi connectivity index (χ1) is 8.91. The quantitative estimate of drug-likeness (QED) is 0.794. The molecule has 1 amide bonds. The average Bonchev–Trinajstić information content (AvgIpc) is 2.36. The molecule has 104 valence electrons. The molecule has 1 unspecified atom stereocenters. The van der Waals surface area contributed by atoms with E-state index in [1.807, 2.05) is 0 Å². The second-order valence-corrected chi connectivity index (χ2v) is 5.00. The highest BCUT2D eigenvalue weighted by Gasteiger charge is 2.15. The van der Waals surface area contributed by atoms with Crippen LogP contribution in [0, 0.1) is 0 Å². The van der Waals surface area contributed by atoms with Crippen molar-refractivity contribution >= 4 is 35.1 Å². The molecule has 0 aliphatic rings. The first-order valence-electron chi connectivity index (χ1n) is 5.86. The second kappa shape index (κ2) is 7.36. The lowest BCUT2D eigenvalue weighted by Crippen LogP contribution is -2.29. The molecule has 0 spiro atoms. The van der Waals surface area contributed by atoms with Gasteiger partial charge in [0.2, 0.25) is 5.91 Å². The number of hydrogen-bond acceptors (Lipinski definition) is 2. The van der Waals surface area contributed by atoms with Gasteiger partial charge in [-0.15, -0.1) is 0 Å². The van der Waals surface area contributed by atoms with Crippen LogP contribution in [-0.2, 0) is 9.59 Å². The van der Waals surface area contributed by atoms with Crippen LogP contribution in [-0.4, -0.2) is 23.5 Å². The van der Waals surface area contributed by atoms with Crippen LogP contribution in [0.3, 0.4) is 0 Å². The molecule has 4 nitrogen and oxygen atoms in total. The van der Waals surface area contributed by atoms with E-state index < -0.39 is 5.97 Å². The molecule has 0 fully saturated rings. The normalized spacial score (nSPS) is 11.9. The Morgan fingerprint density at radius 3 is 2.58 bits per heavy atom. The van der Waals surface area contributed by atoms with E-state index in [4.69, 9.17) is 28.3 Å². The number of aliphatic carboxylic acids is 1. The third kappa shape index (κ3) is 5.09. The number of carbonyl (C=O) groups is 2. The molecule has 6 heteroatoms. The highest BCUT2D eigenvalue weighted by atomic mass is 35.5. The van der Waals surface area contributed by atoms with Gasteiger partial charge in [0.1, 0.15) is 0 Å². The number of carbonyl (C=O) groups excluding carboxylic acids is 1. The molecule has 0 aliphatic carbocycles. The van der Waals surface area contributed by atoms with Crippen LogP contribution in [0.1, 0.15) is 31.2 Å². The van der Waals surface area contributed by atoms with Gasteiger partial charge in [0.15, 0.2) is 0 Å². The number of hydrogen-bond donors (Lipinski definition) is 2. The predicted molar refractivity (Wildman–Crippen MR) is 74.8 cm³/mol. The molecule has 0 heterocycles. The van der Waals surface area contributed by atoms with Crippen molar-refractivity contribution < 1.29 is 14.7 Å². The van der Waals surface area contributed by atoms with Crippen LogP contribution in [0.4, 0.5) is 0 Å². The second-order valence-electron chi connectivity index (χ2n) is 4.18. The summed E-state index contributed by atoms with van der Waals surface area (Å²) in [5, 5.41) is 12.0. The van der Waals surface area contributed by atoms with E-state index in [0.29, 0.717) is 23.0 Å². The predicted octanol–water partition coefficient (Wildman–Crippen LogP) is 3.08. The Kier molecular flexibility index (Phi) is 6.12. The number of carboxylic acids is 1. The molecule has 2 N–H and O–H groups in total. The van der Waals surface area contributed by atoms with Gasteiger partial charge in [-0.2, -0.15) is 0 Å². The molecule has 1 aromatic rings. The fraction of sp³-hybridized carbons (Fsp3) is 0.385.